The van der Waals surface area contributed by atoms with Crippen molar-refractivity contribution < 1.29 is 9.59 Å². The number of amides is 1. The molecule has 0 aliphatic heterocycles. The first-order valence-corrected chi connectivity index (χ1v) is 5.64. The van der Waals surface area contributed by atoms with Crippen molar-refractivity contribution in [2.24, 2.45) is 5.73 Å². The zero-order chi connectivity index (χ0) is 13.1. The highest BCUT2D eigenvalue weighted by molar-refractivity contribution is 6.33. The zero-order valence-corrected chi connectivity index (χ0v) is 10.1. The van der Waals surface area contributed by atoms with E-state index in [1.54, 1.807) is 36.4 Å². The minimum atomic E-state index is -0.479. The molecule has 2 aromatic carbocycles. The predicted molar refractivity (Wildman–Crippen MR) is 70.8 cm³/mol. The van der Waals surface area contributed by atoms with Gasteiger partial charge >= 0.3 is 0 Å². The van der Waals surface area contributed by atoms with Crippen LogP contribution >= 0.6 is 11.6 Å². The zero-order valence-electron chi connectivity index (χ0n) is 9.39. The molecule has 0 bridgehead atoms. The van der Waals surface area contributed by atoms with Crippen LogP contribution in [0.25, 0.3) is 11.1 Å². The molecule has 0 aliphatic rings. The van der Waals surface area contributed by atoms with Gasteiger partial charge in [0.15, 0.2) is 6.29 Å². The number of rotatable bonds is 3. The Morgan fingerprint density at radius 1 is 1.11 bits per heavy atom. The SMILES string of the molecule is NC(=O)c1cccc(-c2ccc(C=O)c(Cl)c2)c1. The lowest BCUT2D eigenvalue weighted by atomic mass is 10.0. The summed E-state index contributed by atoms with van der Waals surface area (Å²) < 4.78 is 0. The number of carbonyl (C=O) groups excluding carboxylic acids is 2. The molecule has 3 nitrogen and oxygen atoms in total. The van der Waals surface area contributed by atoms with Crippen molar-refractivity contribution in [1.29, 1.82) is 0 Å². The largest absolute Gasteiger partial charge is 0.366 e. The smallest absolute Gasteiger partial charge is 0.248 e. The number of halogens is 1. The van der Waals surface area contributed by atoms with E-state index >= 15 is 0 Å². The van der Waals surface area contributed by atoms with Gasteiger partial charge in [-0.2, -0.15) is 0 Å². The van der Waals surface area contributed by atoms with Crippen molar-refractivity contribution >= 4 is 23.8 Å². The van der Waals surface area contributed by atoms with Crippen LogP contribution in [0.2, 0.25) is 5.02 Å². The maximum absolute atomic E-state index is 11.1. The summed E-state index contributed by atoms with van der Waals surface area (Å²) in [4.78, 5) is 21.8. The second-order valence-corrected chi connectivity index (χ2v) is 4.21. The Balaban J connectivity index is 2.48. The van der Waals surface area contributed by atoms with Gasteiger partial charge in [0.05, 0.1) is 5.02 Å². The van der Waals surface area contributed by atoms with Gasteiger partial charge in [-0.25, -0.2) is 0 Å². The summed E-state index contributed by atoms with van der Waals surface area (Å²) in [6.45, 7) is 0. The highest BCUT2D eigenvalue weighted by atomic mass is 35.5. The van der Waals surface area contributed by atoms with Crippen LogP contribution in [0.4, 0.5) is 0 Å². The van der Waals surface area contributed by atoms with E-state index < -0.39 is 5.91 Å². The third kappa shape index (κ3) is 2.41. The fraction of sp³-hybridized carbons (Fsp3) is 0. The molecule has 0 heterocycles. The number of aldehydes is 1. The Hall–Kier alpha value is -2.13. The second kappa shape index (κ2) is 5.02. The van der Waals surface area contributed by atoms with E-state index in [0.717, 1.165) is 11.1 Å². The lowest BCUT2D eigenvalue weighted by molar-refractivity contribution is 0.1000. The van der Waals surface area contributed by atoms with Crippen LogP contribution in [-0.4, -0.2) is 12.2 Å². The van der Waals surface area contributed by atoms with E-state index in [-0.39, 0.29) is 0 Å². The third-order valence-corrected chi connectivity index (χ3v) is 2.94. The van der Waals surface area contributed by atoms with Gasteiger partial charge in [0, 0.05) is 11.1 Å². The highest BCUT2D eigenvalue weighted by Crippen LogP contribution is 2.25. The number of benzene rings is 2. The van der Waals surface area contributed by atoms with Crippen LogP contribution in [0.15, 0.2) is 42.5 Å². The Morgan fingerprint density at radius 2 is 1.83 bits per heavy atom. The summed E-state index contributed by atoms with van der Waals surface area (Å²) >= 11 is 5.96. The molecule has 2 rings (SSSR count). The van der Waals surface area contributed by atoms with E-state index in [1.807, 2.05) is 6.07 Å². The number of carbonyl (C=O) groups is 2. The molecule has 0 radical (unpaired) electrons. The molecule has 1 amide bonds. The number of primary amides is 1. The second-order valence-electron chi connectivity index (χ2n) is 3.80. The molecule has 18 heavy (non-hydrogen) atoms. The minimum absolute atomic E-state index is 0.381. The molecule has 0 saturated heterocycles. The van der Waals surface area contributed by atoms with Crippen LogP contribution in [0.1, 0.15) is 20.7 Å². The van der Waals surface area contributed by atoms with E-state index in [9.17, 15) is 9.59 Å². The van der Waals surface area contributed by atoms with Crippen LogP contribution < -0.4 is 5.73 Å². The molecular weight excluding hydrogens is 250 g/mol. The van der Waals surface area contributed by atoms with Gasteiger partial charge in [-0.15, -0.1) is 0 Å². The standard InChI is InChI=1S/C14H10ClNO2/c15-13-7-10(4-5-12(13)8-17)9-2-1-3-11(6-9)14(16)18/h1-8H,(H2,16,18). The van der Waals surface area contributed by atoms with Gasteiger partial charge in [-0.1, -0.05) is 29.8 Å². The summed E-state index contributed by atoms with van der Waals surface area (Å²) in [7, 11) is 0. The Morgan fingerprint density at radius 3 is 2.44 bits per heavy atom. The van der Waals surface area contributed by atoms with Gasteiger partial charge in [0.2, 0.25) is 5.91 Å². The first kappa shape index (κ1) is 12.3. The van der Waals surface area contributed by atoms with Crippen molar-refractivity contribution in [3.05, 3.63) is 58.6 Å². The quantitative estimate of drug-likeness (QED) is 0.862. The topological polar surface area (TPSA) is 60.2 Å². The van der Waals surface area contributed by atoms with E-state index in [4.69, 9.17) is 17.3 Å². The van der Waals surface area contributed by atoms with E-state index in [0.29, 0.717) is 22.4 Å². The third-order valence-electron chi connectivity index (χ3n) is 2.61. The molecule has 0 fully saturated rings. The van der Waals surface area contributed by atoms with Crippen molar-refractivity contribution in [2.75, 3.05) is 0 Å². The van der Waals surface area contributed by atoms with Crippen molar-refractivity contribution in [3.63, 3.8) is 0 Å². The Bertz CT molecular complexity index is 623. The molecular formula is C14H10ClNO2. The van der Waals surface area contributed by atoms with Gasteiger partial charge in [-0.05, 0) is 35.4 Å². The van der Waals surface area contributed by atoms with Gasteiger partial charge in [0.25, 0.3) is 0 Å². The Labute approximate surface area is 109 Å². The van der Waals surface area contributed by atoms with E-state index in [1.165, 1.54) is 0 Å². The molecule has 0 saturated carbocycles. The van der Waals surface area contributed by atoms with Crippen LogP contribution in [-0.2, 0) is 0 Å². The lowest BCUT2D eigenvalue weighted by Gasteiger charge is -2.05. The molecule has 2 aromatic rings. The predicted octanol–water partition coefficient (Wildman–Crippen LogP) is 2.92. The Kier molecular flexibility index (Phi) is 3.44. The number of hydrogen-bond acceptors (Lipinski definition) is 2. The maximum Gasteiger partial charge on any atom is 0.248 e. The molecule has 4 heteroatoms. The van der Waals surface area contributed by atoms with Gasteiger partial charge < -0.3 is 5.73 Å². The molecule has 0 spiro atoms. The fourth-order valence-corrected chi connectivity index (χ4v) is 1.88. The minimum Gasteiger partial charge on any atom is -0.366 e. The molecule has 0 atom stereocenters. The summed E-state index contributed by atoms with van der Waals surface area (Å²) in [5, 5.41) is 0.381. The summed E-state index contributed by atoms with van der Waals surface area (Å²) in [5.41, 5.74) is 7.75. The van der Waals surface area contributed by atoms with Crippen LogP contribution in [0.3, 0.4) is 0 Å². The molecule has 0 unspecified atom stereocenters. The normalized spacial score (nSPS) is 10.1. The van der Waals surface area contributed by atoms with Crippen molar-refractivity contribution in [3.8, 4) is 11.1 Å². The van der Waals surface area contributed by atoms with Crippen LogP contribution in [0.5, 0.6) is 0 Å². The maximum atomic E-state index is 11.1. The fourth-order valence-electron chi connectivity index (χ4n) is 1.65. The first-order chi connectivity index (χ1) is 8.61. The first-order valence-electron chi connectivity index (χ1n) is 5.27. The summed E-state index contributed by atoms with van der Waals surface area (Å²) in [5.74, 6) is -0.479. The van der Waals surface area contributed by atoms with Crippen molar-refractivity contribution in [1.82, 2.24) is 0 Å². The molecule has 0 aromatic heterocycles. The average molecular weight is 260 g/mol. The average Bonchev–Trinajstić information content (AvgIpc) is 2.38. The summed E-state index contributed by atoms with van der Waals surface area (Å²) in [6.07, 6.45) is 0.700. The highest BCUT2D eigenvalue weighted by Gasteiger charge is 2.05. The lowest BCUT2D eigenvalue weighted by Crippen LogP contribution is -2.10. The molecule has 2 N–H and O–H groups in total. The van der Waals surface area contributed by atoms with E-state index in [2.05, 4.69) is 0 Å². The number of nitrogens with two attached hydrogens (primary N) is 1. The summed E-state index contributed by atoms with van der Waals surface area (Å²) in [6, 6.07) is 12.0. The van der Waals surface area contributed by atoms with Gasteiger partial charge in [-0.3, -0.25) is 9.59 Å². The monoisotopic (exact) mass is 259 g/mol. The molecule has 0 aliphatic carbocycles. The molecule has 90 valence electrons. The number of hydrogen-bond donors (Lipinski definition) is 1. The van der Waals surface area contributed by atoms with Gasteiger partial charge in [0.1, 0.15) is 0 Å². The van der Waals surface area contributed by atoms with Crippen LogP contribution in [0, 0.1) is 0 Å². The van der Waals surface area contributed by atoms with Crippen molar-refractivity contribution in [2.45, 2.75) is 0 Å².